The summed E-state index contributed by atoms with van der Waals surface area (Å²) in [6.07, 6.45) is 1.15. The number of ether oxygens (including phenoxy) is 1. The molecule has 0 aliphatic carbocycles. The van der Waals surface area contributed by atoms with Gasteiger partial charge in [0.1, 0.15) is 6.10 Å². The van der Waals surface area contributed by atoms with Crippen molar-refractivity contribution in [1.82, 2.24) is 0 Å². The van der Waals surface area contributed by atoms with Crippen LogP contribution in [0.4, 0.5) is 0 Å². The minimum Gasteiger partial charge on any atom is -0.365 e. The second-order valence-corrected chi connectivity index (χ2v) is 7.65. The zero-order chi connectivity index (χ0) is 18.2. The Bertz CT molecular complexity index is 934. The predicted octanol–water partition coefficient (Wildman–Crippen LogP) is 4.93. The highest BCUT2D eigenvalue weighted by Crippen LogP contribution is 2.22. The van der Waals surface area contributed by atoms with Crippen molar-refractivity contribution in [1.29, 1.82) is 0 Å². The molecule has 3 aromatic rings. The Balaban J connectivity index is 1.82. The topological polar surface area (TPSA) is 43.4 Å². The standard InChI is InChI=1S/C22H20O3S/c23-26(24,21-14-8-3-9-15-21)17-16-22(20-12-6-2-7-13-20)25-18-19-10-4-1-5-11-19/h1-17,22H,18H2/b17-16+. The Labute approximate surface area is 154 Å². The highest BCUT2D eigenvalue weighted by molar-refractivity contribution is 7.94. The van der Waals surface area contributed by atoms with Gasteiger partial charge in [0, 0.05) is 5.41 Å². The van der Waals surface area contributed by atoms with Gasteiger partial charge in [-0.15, -0.1) is 0 Å². The van der Waals surface area contributed by atoms with Gasteiger partial charge in [0.25, 0.3) is 0 Å². The van der Waals surface area contributed by atoms with Crippen molar-refractivity contribution in [3.63, 3.8) is 0 Å². The average Bonchev–Trinajstić information content (AvgIpc) is 2.70. The zero-order valence-electron chi connectivity index (χ0n) is 14.2. The minimum atomic E-state index is -3.51. The Hall–Kier alpha value is -2.69. The van der Waals surface area contributed by atoms with Gasteiger partial charge >= 0.3 is 0 Å². The third-order valence-electron chi connectivity index (χ3n) is 3.90. The van der Waals surface area contributed by atoms with Crippen molar-refractivity contribution in [3.05, 3.63) is 114 Å². The van der Waals surface area contributed by atoms with Gasteiger partial charge in [-0.3, -0.25) is 0 Å². The number of hydrogen-bond acceptors (Lipinski definition) is 3. The third-order valence-corrected chi connectivity index (χ3v) is 5.35. The average molecular weight is 364 g/mol. The Morgan fingerprint density at radius 1 is 0.769 bits per heavy atom. The molecule has 0 fully saturated rings. The fraction of sp³-hybridized carbons (Fsp3) is 0.0909. The molecule has 0 aromatic heterocycles. The molecule has 0 amide bonds. The van der Waals surface area contributed by atoms with E-state index >= 15 is 0 Å². The molecule has 0 saturated heterocycles. The van der Waals surface area contributed by atoms with Crippen LogP contribution in [0.1, 0.15) is 17.2 Å². The molecule has 0 radical (unpaired) electrons. The largest absolute Gasteiger partial charge is 0.365 e. The van der Waals surface area contributed by atoms with E-state index in [-0.39, 0.29) is 4.90 Å². The van der Waals surface area contributed by atoms with E-state index < -0.39 is 15.9 Å². The van der Waals surface area contributed by atoms with E-state index in [4.69, 9.17) is 4.74 Å². The summed E-state index contributed by atoms with van der Waals surface area (Å²) >= 11 is 0. The van der Waals surface area contributed by atoms with Crippen LogP contribution in [0, 0.1) is 0 Å². The van der Waals surface area contributed by atoms with Crippen LogP contribution < -0.4 is 0 Å². The van der Waals surface area contributed by atoms with Gasteiger partial charge in [0.2, 0.25) is 0 Å². The molecule has 0 bridgehead atoms. The molecule has 0 N–H and O–H groups in total. The van der Waals surface area contributed by atoms with Crippen molar-refractivity contribution in [2.45, 2.75) is 17.6 Å². The van der Waals surface area contributed by atoms with Crippen LogP contribution in [0.5, 0.6) is 0 Å². The van der Waals surface area contributed by atoms with Crippen molar-refractivity contribution < 1.29 is 13.2 Å². The smallest absolute Gasteiger partial charge is 0.199 e. The molecule has 3 aromatic carbocycles. The number of benzene rings is 3. The molecule has 3 rings (SSSR count). The molecular formula is C22H20O3S. The SMILES string of the molecule is O=S(=O)(/C=C/C(OCc1ccccc1)c1ccccc1)c1ccccc1. The lowest BCUT2D eigenvalue weighted by atomic mass is 10.1. The summed E-state index contributed by atoms with van der Waals surface area (Å²) in [6.45, 7) is 0.399. The molecule has 1 atom stereocenters. The molecule has 0 aliphatic rings. The van der Waals surface area contributed by atoms with Crippen molar-refractivity contribution in [3.8, 4) is 0 Å². The van der Waals surface area contributed by atoms with Crippen LogP contribution >= 0.6 is 0 Å². The van der Waals surface area contributed by atoms with E-state index in [1.807, 2.05) is 60.7 Å². The predicted molar refractivity (Wildman–Crippen MR) is 103 cm³/mol. The zero-order valence-corrected chi connectivity index (χ0v) is 15.0. The van der Waals surface area contributed by atoms with Gasteiger partial charge in [0.05, 0.1) is 11.5 Å². The summed E-state index contributed by atoms with van der Waals surface area (Å²) in [5, 5.41) is 1.23. The number of sulfone groups is 1. The van der Waals surface area contributed by atoms with Crippen LogP contribution in [0.25, 0.3) is 0 Å². The fourth-order valence-corrected chi connectivity index (χ4v) is 3.57. The maximum Gasteiger partial charge on any atom is 0.199 e. The lowest BCUT2D eigenvalue weighted by Gasteiger charge is -2.15. The molecule has 4 heteroatoms. The van der Waals surface area contributed by atoms with E-state index in [9.17, 15) is 8.42 Å². The van der Waals surface area contributed by atoms with E-state index in [0.717, 1.165) is 11.1 Å². The van der Waals surface area contributed by atoms with Gasteiger partial charge in [-0.25, -0.2) is 8.42 Å². The first-order chi connectivity index (χ1) is 12.6. The first-order valence-electron chi connectivity index (χ1n) is 8.34. The summed E-state index contributed by atoms with van der Waals surface area (Å²) in [5.74, 6) is 0. The summed E-state index contributed by atoms with van der Waals surface area (Å²) in [7, 11) is -3.51. The molecule has 0 aliphatic heterocycles. The van der Waals surface area contributed by atoms with E-state index in [0.29, 0.717) is 6.61 Å². The first kappa shape index (κ1) is 18.1. The Morgan fingerprint density at radius 3 is 1.92 bits per heavy atom. The van der Waals surface area contributed by atoms with Gasteiger partial charge < -0.3 is 4.74 Å². The first-order valence-corrected chi connectivity index (χ1v) is 9.88. The van der Waals surface area contributed by atoms with Crippen LogP contribution in [-0.2, 0) is 21.2 Å². The van der Waals surface area contributed by atoms with Crippen molar-refractivity contribution in [2.24, 2.45) is 0 Å². The molecule has 1 unspecified atom stereocenters. The fourth-order valence-electron chi connectivity index (χ4n) is 2.53. The van der Waals surface area contributed by atoms with Gasteiger partial charge in [-0.05, 0) is 29.3 Å². The summed E-state index contributed by atoms with van der Waals surface area (Å²) in [4.78, 5) is 0.270. The maximum absolute atomic E-state index is 12.5. The molecule has 132 valence electrons. The van der Waals surface area contributed by atoms with Crippen LogP contribution in [-0.4, -0.2) is 8.42 Å². The van der Waals surface area contributed by atoms with Crippen molar-refractivity contribution in [2.75, 3.05) is 0 Å². The number of rotatable bonds is 7. The van der Waals surface area contributed by atoms with E-state index in [1.54, 1.807) is 36.4 Å². The summed E-state index contributed by atoms with van der Waals surface area (Å²) in [5.41, 5.74) is 1.94. The van der Waals surface area contributed by atoms with Gasteiger partial charge in [-0.1, -0.05) is 78.9 Å². The highest BCUT2D eigenvalue weighted by Gasteiger charge is 2.13. The molecule has 0 heterocycles. The highest BCUT2D eigenvalue weighted by atomic mass is 32.2. The summed E-state index contributed by atoms with van der Waals surface area (Å²) in [6, 6.07) is 27.8. The molecule has 0 spiro atoms. The molecule has 26 heavy (non-hydrogen) atoms. The van der Waals surface area contributed by atoms with Crippen LogP contribution in [0.3, 0.4) is 0 Å². The minimum absolute atomic E-state index is 0.270. The van der Waals surface area contributed by atoms with Crippen molar-refractivity contribution >= 4 is 9.84 Å². The van der Waals surface area contributed by atoms with Crippen LogP contribution in [0.2, 0.25) is 0 Å². The van der Waals surface area contributed by atoms with Gasteiger partial charge in [0.15, 0.2) is 9.84 Å². The third kappa shape index (κ3) is 4.91. The maximum atomic E-state index is 12.5. The normalized spacial score (nSPS) is 12.9. The monoisotopic (exact) mass is 364 g/mol. The van der Waals surface area contributed by atoms with Gasteiger partial charge in [-0.2, -0.15) is 0 Å². The molecular weight excluding hydrogens is 344 g/mol. The lowest BCUT2D eigenvalue weighted by molar-refractivity contribution is 0.0719. The van der Waals surface area contributed by atoms with Crippen LogP contribution in [0.15, 0.2) is 107 Å². The Morgan fingerprint density at radius 2 is 1.31 bits per heavy atom. The molecule has 3 nitrogen and oxygen atoms in total. The van der Waals surface area contributed by atoms with E-state index in [2.05, 4.69) is 0 Å². The lowest BCUT2D eigenvalue weighted by Crippen LogP contribution is -2.04. The second kappa shape index (κ2) is 8.61. The molecule has 0 saturated carbocycles. The van der Waals surface area contributed by atoms with E-state index in [1.165, 1.54) is 5.41 Å². The Kier molecular flexibility index (Phi) is 6.00. The summed E-state index contributed by atoms with van der Waals surface area (Å²) < 4.78 is 31.0. The second-order valence-electron chi connectivity index (χ2n) is 5.81. The number of hydrogen-bond donors (Lipinski definition) is 0. The quantitative estimate of drug-likeness (QED) is 0.597.